The topological polar surface area (TPSA) is 48.9 Å². The first-order valence-electron chi connectivity index (χ1n) is 8.62. The molecule has 1 aliphatic rings. The van der Waals surface area contributed by atoms with Crippen molar-refractivity contribution >= 4 is 41.5 Å². The van der Waals surface area contributed by atoms with Gasteiger partial charge in [0.2, 0.25) is 0 Å². The third-order valence-electron chi connectivity index (χ3n) is 4.11. The van der Waals surface area contributed by atoms with Crippen LogP contribution in [-0.2, 0) is 4.74 Å². The van der Waals surface area contributed by atoms with Gasteiger partial charge in [-0.2, -0.15) is 0 Å². The second-order valence-corrected chi connectivity index (χ2v) is 6.82. The summed E-state index contributed by atoms with van der Waals surface area (Å²) in [6.07, 6.45) is 0. The summed E-state index contributed by atoms with van der Waals surface area (Å²) in [6.45, 7) is 9.37. The van der Waals surface area contributed by atoms with Gasteiger partial charge in [-0.05, 0) is 17.5 Å². The number of hydrogen-bond acceptors (Lipinski definition) is 3. The van der Waals surface area contributed by atoms with Crippen molar-refractivity contribution in [3.63, 3.8) is 0 Å². The van der Waals surface area contributed by atoms with Crippen molar-refractivity contribution in [2.75, 3.05) is 46.4 Å². The van der Waals surface area contributed by atoms with Gasteiger partial charge in [0.25, 0.3) is 0 Å². The van der Waals surface area contributed by atoms with Crippen molar-refractivity contribution in [2.45, 2.75) is 19.9 Å². The van der Waals surface area contributed by atoms with Gasteiger partial charge >= 0.3 is 0 Å². The van der Waals surface area contributed by atoms with Crippen molar-refractivity contribution in [1.29, 1.82) is 0 Å². The molecule has 0 saturated carbocycles. The fourth-order valence-electron chi connectivity index (χ4n) is 2.78. The number of benzene rings is 1. The molecule has 1 aromatic rings. The van der Waals surface area contributed by atoms with E-state index in [0.29, 0.717) is 5.92 Å². The lowest BCUT2D eigenvalue weighted by atomic mass is 10.0. The highest BCUT2D eigenvalue weighted by atomic mass is 127. The first-order valence-corrected chi connectivity index (χ1v) is 9.00. The van der Waals surface area contributed by atoms with Crippen LogP contribution in [0.15, 0.2) is 29.3 Å². The number of aliphatic imine (C=N–C) groups is 1. The molecule has 1 heterocycles. The Morgan fingerprint density at radius 3 is 2.44 bits per heavy atom. The summed E-state index contributed by atoms with van der Waals surface area (Å²) in [5.74, 6) is 1.40. The lowest BCUT2D eigenvalue weighted by Crippen LogP contribution is -2.46. The number of rotatable bonds is 6. The minimum atomic E-state index is 0. The highest BCUT2D eigenvalue weighted by Crippen LogP contribution is 2.27. The van der Waals surface area contributed by atoms with Crippen molar-refractivity contribution in [2.24, 2.45) is 10.9 Å². The molecule has 0 aliphatic carbocycles. The van der Waals surface area contributed by atoms with Gasteiger partial charge in [-0.3, -0.25) is 9.89 Å². The van der Waals surface area contributed by atoms with Crippen LogP contribution < -0.4 is 10.6 Å². The average Bonchev–Trinajstić information content (AvgIpc) is 2.60. The van der Waals surface area contributed by atoms with Crippen molar-refractivity contribution in [1.82, 2.24) is 15.5 Å². The highest BCUT2D eigenvalue weighted by molar-refractivity contribution is 14.0. The molecule has 2 rings (SSSR count). The Balaban J connectivity index is 0.00000312. The van der Waals surface area contributed by atoms with E-state index in [2.05, 4.69) is 40.4 Å². The average molecular weight is 481 g/mol. The fraction of sp³-hybridized carbons (Fsp3) is 0.611. The Morgan fingerprint density at radius 2 is 1.84 bits per heavy atom. The van der Waals surface area contributed by atoms with Gasteiger partial charge in [0.15, 0.2) is 5.96 Å². The minimum Gasteiger partial charge on any atom is -0.379 e. The van der Waals surface area contributed by atoms with Crippen LogP contribution in [0.3, 0.4) is 0 Å². The standard InChI is InChI=1S/C18H29ClN4O.HI/c1-14(2)12-21-18(20-3)22-13-17(23-8-10-24-11-9-23)15-6-4-5-7-16(15)19;/h4-7,14,17H,8-13H2,1-3H3,(H2,20,21,22);1H. The van der Waals surface area contributed by atoms with Gasteiger partial charge < -0.3 is 15.4 Å². The molecular weight excluding hydrogens is 451 g/mol. The Bertz CT molecular complexity index is 536. The molecule has 142 valence electrons. The summed E-state index contributed by atoms with van der Waals surface area (Å²) < 4.78 is 5.50. The number of ether oxygens (including phenoxy) is 1. The molecule has 0 spiro atoms. The van der Waals surface area contributed by atoms with E-state index in [4.69, 9.17) is 16.3 Å². The zero-order valence-electron chi connectivity index (χ0n) is 15.3. The molecule has 7 heteroatoms. The Morgan fingerprint density at radius 1 is 1.20 bits per heavy atom. The van der Waals surface area contributed by atoms with E-state index in [1.165, 1.54) is 0 Å². The molecule has 5 nitrogen and oxygen atoms in total. The highest BCUT2D eigenvalue weighted by Gasteiger charge is 2.24. The molecular formula is C18H30ClIN4O. The first-order chi connectivity index (χ1) is 11.6. The number of hydrogen-bond donors (Lipinski definition) is 2. The van der Waals surface area contributed by atoms with E-state index in [0.717, 1.165) is 55.9 Å². The molecule has 1 unspecified atom stereocenters. The van der Waals surface area contributed by atoms with Crippen LogP contribution >= 0.6 is 35.6 Å². The van der Waals surface area contributed by atoms with Gasteiger partial charge in [-0.1, -0.05) is 43.6 Å². The summed E-state index contributed by atoms with van der Waals surface area (Å²) in [5.41, 5.74) is 1.15. The third kappa shape index (κ3) is 7.29. The lowest BCUT2D eigenvalue weighted by Gasteiger charge is -2.35. The summed E-state index contributed by atoms with van der Waals surface area (Å²) in [6, 6.07) is 8.27. The molecule has 0 bridgehead atoms. The predicted octanol–water partition coefficient (Wildman–Crippen LogP) is 3.15. The molecule has 1 saturated heterocycles. The zero-order valence-corrected chi connectivity index (χ0v) is 18.4. The second-order valence-electron chi connectivity index (χ2n) is 6.41. The molecule has 25 heavy (non-hydrogen) atoms. The molecule has 0 radical (unpaired) electrons. The Kier molecular flexibility index (Phi) is 10.7. The van der Waals surface area contributed by atoms with Crippen molar-refractivity contribution < 1.29 is 4.74 Å². The van der Waals surface area contributed by atoms with Gasteiger partial charge in [0, 0.05) is 38.2 Å². The maximum Gasteiger partial charge on any atom is 0.191 e. The van der Waals surface area contributed by atoms with Crippen LogP contribution in [0.4, 0.5) is 0 Å². The van der Waals surface area contributed by atoms with E-state index in [1.807, 2.05) is 18.2 Å². The van der Waals surface area contributed by atoms with E-state index in [9.17, 15) is 0 Å². The fourth-order valence-corrected chi connectivity index (χ4v) is 3.05. The van der Waals surface area contributed by atoms with Gasteiger partial charge in [-0.15, -0.1) is 24.0 Å². The monoisotopic (exact) mass is 480 g/mol. The minimum absolute atomic E-state index is 0. The quantitative estimate of drug-likeness (QED) is 0.373. The van der Waals surface area contributed by atoms with Crippen LogP contribution in [0.5, 0.6) is 0 Å². The van der Waals surface area contributed by atoms with Gasteiger partial charge in [0.1, 0.15) is 0 Å². The van der Waals surface area contributed by atoms with Crippen LogP contribution in [0.2, 0.25) is 5.02 Å². The van der Waals surface area contributed by atoms with Gasteiger partial charge in [-0.25, -0.2) is 0 Å². The molecule has 1 aliphatic heterocycles. The van der Waals surface area contributed by atoms with Crippen LogP contribution in [0.25, 0.3) is 0 Å². The smallest absolute Gasteiger partial charge is 0.191 e. The maximum absolute atomic E-state index is 6.46. The van der Waals surface area contributed by atoms with E-state index in [-0.39, 0.29) is 30.0 Å². The number of halogens is 2. The molecule has 0 amide bonds. The molecule has 1 aromatic carbocycles. The number of morpholine rings is 1. The van der Waals surface area contributed by atoms with Crippen LogP contribution in [0.1, 0.15) is 25.5 Å². The lowest BCUT2D eigenvalue weighted by molar-refractivity contribution is 0.0170. The number of guanidine groups is 1. The van der Waals surface area contributed by atoms with Crippen LogP contribution in [-0.4, -0.2) is 57.3 Å². The summed E-state index contributed by atoms with van der Waals surface area (Å²) >= 11 is 6.46. The van der Waals surface area contributed by atoms with E-state index in [1.54, 1.807) is 7.05 Å². The summed E-state index contributed by atoms with van der Waals surface area (Å²) in [5, 5.41) is 7.61. The Hall–Kier alpha value is -0.570. The van der Waals surface area contributed by atoms with Crippen molar-refractivity contribution in [3.8, 4) is 0 Å². The van der Waals surface area contributed by atoms with Gasteiger partial charge in [0.05, 0.1) is 19.3 Å². The largest absolute Gasteiger partial charge is 0.379 e. The van der Waals surface area contributed by atoms with Crippen molar-refractivity contribution in [3.05, 3.63) is 34.9 Å². The second kappa shape index (κ2) is 11.9. The first kappa shape index (κ1) is 22.5. The molecule has 2 N–H and O–H groups in total. The molecule has 0 aromatic heterocycles. The maximum atomic E-state index is 6.46. The zero-order chi connectivity index (χ0) is 17.4. The molecule has 1 atom stereocenters. The SMILES string of the molecule is CN=C(NCC(C)C)NCC(c1ccccc1Cl)N1CCOCC1.I. The summed E-state index contributed by atoms with van der Waals surface area (Å²) in [4.78, 5) is 6.74. The summed E-state index contributed by atoms with van der Waals surface area (Å²) in [7, 11) is 1.80. The normalized spacial score (nSPS) is 17.1. The number of nitrogens with zero attached hydrogens (tertiary/aromatic N) is 2. The Labute approximate surface area is 173 Å². The van der Waals surface area contributed by atoms with Crippen LogP contribution in [0, 0.1) is 5.92 Å². The number of nitrogens with one attached hydrogen (secondary N) is 2. The molecule has 1 fully saturated rings. The predicted molar refractivity (Wildman–Crippen MR) is 116 cm³/mol. The van der Waals surface area contributed by atoms with E-state index < -0.39 is 0 Å². The third-order valence-corrected chi connectivity index (χ3v) is 4.46. The van der Waals surface area contributed by atoms with E-state index >= 15 is 0 Å².